The number of carbonyl (C=O) groups is 3. The molecule has 0 aromatic heterocycles. The smallest absolute Gasteiger partial charge is 0.325 e. The average Bonchev–Trinajstić information content (AvgIpc) is 2.93. The van der Waals surface area contributed by atoms with Crippen molar-refractivity contribution in [2.45, 2.75) is 25.6 Å². The Morgan fingerprint density at radius 3 is 2.37 bits per heavy atom. The van der Waals surface area contributed by atoms with Crippen LogP contribution in [0, 0.1) is 30.3 Å². The topological polar surface area (TPSA) is 122 Å². The number of amides is 1. The second-order valence-electron chi connectivity index (χ2n) is 9.49. The molecule has 0 bridgehead atoms. The van der Waals surface area contributed by atoms with Crippen molar-refractivity contribution in [3.63, 3.8) is 0 Å². The summed E-state index contributed by atoms with van der Waals surface area (Å²) in [4.78, 5) is 38.0. The predicted octanol–water partition coefficient (Wildman–Crippen LogP) is 4.28. The summed E-state index contributed by atoms with van der Waals surface area (Å²) < 4.78 is 49.4. The first kappa shape index (κ1) is 29.5. The van der Waals surface area contributed by atoms with E-state index in [0.717, 1.165) is 24.3 Å². The highest BCUT2D eigenvalue weighted by Gasteiger charge is 2.38. The van der Waals surface area contributed by atoms with Crippen molar-refractivity contribution in [1.29, 1.82) is 0 Å². The third-order valence-electron chi connectivity index (χ3n) is 6.64. The second kappa shape index (κ2) is 12.8. The molecule has 0 saturated heterocycles. The molecule has 214 valence electrons. The van der Waals surface area contributed by atoms with Gasteiger partial charge in [-0.05, 0) is 49.2 Å². The van der Waals surface area contributed by atoms with Gasteiger partial charge in [0.05, 0.1) is 18.7 Å². The van der Waals surface area contributed by atoms with Gasteiger partial charge in [-0.1, -0.05) is 36.4 Å². The fraction of sp³-hybridized carbons (Fsp3) is 0.233. The van der Waals surface area contributed by atoms with E-state index in [-0.39, 0.29) is 30.0 Å². The molecule has 0 fully saturated rings. The number of hydrogen-bond donors (Lipinski definition) is 3. The molecule has 4 N–H and O–H groups in total. The maximum atomic E-state index is 15.2. The van der Waals surface area contributed by atoms with Crippen LogP contribution >= 0.6 is 0 Å². The largest absolute Gasteiger partial charge is 0.493 e. The van der Waals surface area contributed by atoms with E-state index in [1.807, 2.05) is 0 Å². The minimum absolute atomic E-state index is 0.0188. The minimum atomic E-state index is -1.43. The van der Waals surface area contributed by atoms with Crippen molar-refractivity contribution in [1.82, 2.24) is 5.32 Å². The van der Waals surface area contributed by atoms with E-state index in [4.69, 9.17) is 10.5 Å². The molecule has 1 aliphatic rings. The van der Waals surface area contributed by atoms with Gasteiger partial charge in [0, 0.05) is 23.8 Å². The Bertz CT molecular complexity index is 1460. The third kappa shape index (κ3) is 6.64. The highest BCUT2D eigenvalue weighted by molar-refractivity contribution is 6.07. The molecule has 0 aliphatic carbocycles. The van der Waals surface area contributed by atoms with E-state index in [1.54, 1.807) is 30.3 Å². The van der Waals surface area contributed by atoms with E-state index < -0.39 is 58.9 Å². The number of ether oxygens (including phenoxy) is 1. The summed E-state index contributed by atoms with van der Waals surface area (Å²) in [6, 6.07) is 13.2. The number of rotatable bonds is 11. The number of nitrogens with two attached hydrogens (primary N) is 1. The van der Waals surface area contributed by atoms with Crippen LogP contribution in [0.5, 0.6) is 5.75 Å². The molecule has 11 heteroatoms. The highest BCUT2D eigenvalue weighted by atomic mass is 19.1. The van der Waals surface area contributed by atoms with Crippen LogP contribution in [0.25, 0.3) is 0 Å². The van der Waals surface area contributed by atoms with E-state index in [1.165, 1.54) is 25.1 Å². The average molecular weight is 568 g/mol. The van der Waals surface area contributed by atoms with Crippen LogP contribution in [0.2, 0.25) is 0 Å². The molecule has 1 heterocycles. The number of aliphatic carboxylic acids is 1. The molecule has 0 radical (unpaired) electrons. The summed E-state index contributed by atoms with van der Waals surface area (Å²) >= 11 is 0. The van der Waals surface area contributed by atoms with Gasteiger partial charge in [0.1, 0.15) is 23.3 Å². The molecule has 3 aromatic rings. The van der Waals surface area contributed by atoms with E-state index >= 15 is 8.78 Å². The van der Waals surface area contributed by atoms with Gasteiger partial charge in [-0.3, -0.25) is 19.3 Å². The van der Waals surface area contributed by atoms with Gasteiger partial charge >= 0.3 is 5.97 Å². The lowest BCUT2D eigenvalue weighted by Gasteiger charge is -2.35. The fourth-order valence-electron chi connectivity index (χ4n) is 4.54. The number of ketones is 1. The molecule has 0 saturated carbocycles. The third-order valence-corrected chi connectivity index (χ3v) is 6.64. The molecular formula is C30H28F3N3O5. The number of carboxylic acids is 1. The number of benzene rings is 3. The zero-order valence-corrected chi connectivity index (χ0v) is 22.0. The molecular weight excluding hydrogens is 539 g/mol. The Kier molecular flexibility index (Phi) is 9.21. The summed E-state index contributed by atoms with van der Waals surface area (Å²) in [6.07, 6.45) is 1.17. The van der Waals surface area contributed by atoms with Crippen molar-refractivity contribution in [3.05, 3.63) is 107 Å². The molecule has 1 amide bonds. The van der Waals surface area contributed by atoms with Crippen molar-refractivity contribution >= 4 is 23.3 Å². The van der Waals surface area contributed by atoms with Crippen molar-refractivity contribution in [3.8, 4) is 5.75 Å². The number of halogens is 3. The van der Waals surface area contributed by atoms with Crippen LogP contribution in [-0.4, -0.2) is 42.1 Å². The molecule has 4 rings (SSSR count). The molecule has 2 unspecified atom stereocenters. The van der Waals surface area contributed by atoms with Crippen molar-refractivity contribution < 1.29 is 37.4 Å². The van der Waals surface area contributed by atoms with Gasteiger partial charge in [-0.25, -0.2) is 13.2 Å². The second-order valence-corrected chi connectivity index (χ2v) is 9.49. The maximum Gasteiger partial charge on any atom is 0.325 e. The zero-order chi connectivity index (χ0) is 29.7. The van der Waals surface area contributed by atoms with Crippen LogP contribution in [0.3, 0.4) is 0 Å². The van der Waals surface area contributed by atoms with Gasteiger partial charge in [0.25, 0.3) is 5.91 Å². The summed E-state index contributed by atoms with van der Waals surface area (Å²) in [5.74, 6) is -6.45. The van der Waals surface area contributed by atoms with Crippen LogP contribution in [0.15, 0.2) is 72.8 Å². The SMILES string of the molecule is Cc1cc(C(=O)C2C=CC(=O)N(c3c(F)cc(OCCCN[C@H](C(=O)O)c4ccccc4)cc3F)C2N)ccc1F. The molecule has 41 heavy (non-hydrogen) atoms. The molecule has 1 aliphatic heterocycles. The van der Waals surface area contributed by atoms with Crippen LogP contribution < -0.4 is 20.7 Å². The fourth-order valence-corrected chi connectivity index (χ4v) is 4.54. The van der Waals surface area contributed by atoms with E-state index in [2.05, 4.69) is 5.32 Å². The molecule has 8 nitrogen and oxygen atoms in total. The van der Waals surface area contributed by atoms with Crippen LogP contribution in [-0.2, 0) is 9.59 Å². The zero-order valence-electron chi connectivity index (χ0n) is 22.0. The summed E-state index contributed by atoms with van der Waals surface area (Å²) in [5.41, 5.74) is 6.40. The minimum Gasteiger partial charge on any atom is -0.493 e. The molecule has 3 atom stereocenters. The van der Waals surface area contributed by atoms with Gasteiger partial charge in [0.2, 0.25) is 0 Å². The van der Waals surface area contributed by atoms with Gasteiger partial charge in [-0.15, -0.1) is 0 Å². The lowest BCUT2D eigenvalue weighted by Crippen LogP contribution is -2.54. The number of hydrogen-bond acceptors (Lipinski definition) is 6. The number of carboxylic acid groups (broad SMARTS) is 1. The Hall–Kier alpha value is -4.48. The summed E-state index contributed by atoms with van der Waals surface area (Å²) in [5, 5.41) is 12.4. The Morgan fingerprint density at radius 1 is 1.05 bits per heavy atom. The van der Waals surface area contributed by atoms with Crippen LogP contribution in [0.1, 0.15) is 33.9 Å². The van der Waals surface area contributed by atoms with Crippen molar-refractivity contribution in [2.75, 3.05) is 18.1 Å². The predicted molar refractivity (Wildman–Crippen MR) is 145 cm³/mol. The lowest BCUT2D eigenvalue weighted by atomic mass is 9.90. The number of Topliss-reactive ketones (excluding diaryl/α,β-unsaturated/α-hetero) is 1. The van der Waals surface area contributed by atoms with E-state index in [9.17, 15) is 23.9 Å². The number of anilines is 1. The van der Waals surface area contributed by atoms with Gasteiger partial charge in [-0.2, -0.15) is 0 Å². The summed E-state index contributed by atoms with van der Waals surface area (Å²) in [7, 11) is 0. The Labute approximate surface area is 234 Å². The number of aryl methyl sites for hydroxylation is 1. The number of nitrogens with one attached hydrogen (secondary N) is 1. The Morgan fingerprint density at radius 2 is 1.73 bits per heavy atom. The maximum absolute atomic E-state index is 15.2. The number of carbonyl (C=O) groups excluding carboxylic acids is 2. The molecule has 3 aromatic carbocycles. The van der Waals surface area contributed by atoms with Gasteiger partial charge in [0.15, 0.2) is 17.4 Å². The lowest BCUT2D eigenvalue weighted by molar-refractivity contribution is -0.139. The first-order chi connectivity index (χ1) is 19.6. The monoisotopic (exact) mass is 567 g/mol. The highest BCUT2D eigenvalue weighted by Crippen LogP contribution is 2.33. The standard InChI is InChI=1S/C30H28F3N3O5/c1-17-14-19(8-10-22(17)31)28(38)21-9-11-25(37)36(29(21)34)27-23(32)15-20(16-24(27)33)41-13-5-12-35-26(30(39)40)18-6-3-2-4-7-18/h2-4,6-11,14-16,21,26,29,35H,5,12-13,34H2,1H3,(H,39,40)/t21?,26-,29?/m0/s1. The first-order valence-corrected chi connectivity index (χ1v) is 12.8. The summed E-state index contributed by atoms with van der Waals surface area (Å²) in [6.45, 7) is 1.76. The van der Waals surface area contributed by atoms with E-state index in [0.29, 0.717) is 16.9 Å². The van der Waals surface area contributed by atoms with Gasteiger partial charge < -0.3 is 20.9 Å². The van der Waals surface area contributed by atoms with Crippen molar-refractivity contribution in [2.24, 2.45) is 11.7 Å². The van der Waals surface area contributed by atoms with Crippen LogP contribution in [0.4, 0.5) is 18.9 Å². The number of nitrogens with zero attached hydrogens (tertiary/aromatic N) is 1. The Balaban J connectivity index is 1.41. The quantitative estimate of drug-likeness (QED) is 0.234. The first-order valence-electron chi connectivity index (χ1n) is 12.8. The molecule has 0 spiro atoms. The normalized spacial score (nSPS) is 17.4.